The first-order valence-electron chi connectivity index (χ1n) is 40.0. The zero-order chi connectivity index (χ0) is 84.3. The van der Waals surface area contributed by atoms with Gasteiger partial charge in [-0.05, 0) is 308 Å². The largest absolute Gasteiger partial charge is 0.489 e. The van der Waals surface area contributed by atoms with Gasteiger partial charge in [-0.3, -0.25) is 0 Å². The summed E-state index contributed by atoms with van der Waals surface area (Å²) in [7, 11) is 10.6. The van der Waals surface area contributed by atoms with Crippen molar-refractivity contribution < 1.29 is 28.8 Å². The van der Waals surface area contributed by atoms with Gasteiger partial charge in [0.1, 0.15) is 61.8 Å². The summed E-state index contributed by atoms with van der Waals surface area (Å²) in [5.41, 5.74) is 11.7. The van der Waals surface area contributed by atoms with Crippen molar-refractivity contribution in [1.82, 2.24) is 24.5 Å². The zero-order valence-electron chi connectivity index (χ0n) is 69.9. The molecule has 19 heteroatoms. The van der Waals surface area contributed by atoms with Crippen molar-refractivity contribution >= 4 is 85.5 Å². The first-order chi connectivity index (χ1) is 55.8. The fraction of sp³-hybridized carbons (Fsp3) is 0.371. The molecule has 0 radical (unpaired) electrons. The number of nitriles is 1. The van der Waals surface area contributed by atoms with E-state index in [1.165, 1.54) is 33.4 Å². The highest BCUT2D eigenvalue weighted by Gasteiger charge is 2.17. The monoisotopic (exact) mass is 1750 g/mol. The van der Waals surface area contributed by atoms with Gasteiger partial charge in [-0.25, -0.2) is 0 Å². The van der Waals surface area contributed by atoms with Crippen LogP contribution in [0.15, 0.2) is 235 Å². The third-order valence-electron chi connectivity index (χ3n) is 20.7. The minimum Gasteiger partial charge on any atom is -0.489 e. The molecule has 0 aliphatic rings. The minimum atomic E-state index is 0.229. The Balaban J connectivity index is 0.000000226. The van der Waals surface area contributed by atoms with Gasteiger partial charge in [0.2, 0.25) is 0 Å². The molecule has 10 aromatic rings. The fourth-order valence-corrected chi connectivity index (χ4v) is 13.4. The molecule has 0 amide bonds. The van der Waals surface area contributed by atoms with Crippen molar-refractivity contribution in [3.63, 3.8) is 0 Å². The van der Waals surface area contributed by atoms with Gasteiger partial charge in [0, 0.05) is 46.3 Å². The van der Waals surface area contributed by atoms with Gasteiger partial charge in [-0.2, -0.15) is 5.26 Å². The van der Waals surface area contributed by atoms with E-state index in [-0.39, 0.29) is 12.6 Å². The highest BCUT2D eigenvalue weighted by molar-refractivity contribution is 9.10. The molecule has 12 nitrogen and oxygen atoms in total. The quantitative estimate of drug-likeness (QED) is 0.0398. The van der Waals surface area contributed by atoms with Crippen LogP contribution >= 0.6 is 85.5 Å². The van der Waals surface area contributed by atoms with Crippen LogP contribution in [0, 0.1) is 11.3 Å². The number of ether oxygens (including phenoxy) is 5. The smallest absolute Gasteiger partial charge is 0.119 e. The van der Waals surface area contributed by atoms with Crippen molar-refractivity contribution in [3.05, 3.63) is 321 Å². The van der Waals surface area contributed by atoms with Gasteiger partial charge < -0.3 is 53.3 Å². The van der Waals surface area contributed by atoms with Crippen LogP contribution in [0.4, 0.5) is 0 Å². The summed E-state index contributed by atoms with van der Waals surface area (Å²) in [4.78, 5) is 11.5. The van der Waals surface area contributed by atoms with Crippen LogP contribution in [0.1, 0.15) is 124 Å². The number of nitrogens with zero attached hydrogens (tertiary/aromatic N) is 6. The maximum Gasteiger partial charge on any atom is 0.119 e. The summed E-state index contributed by atoms with van der Waals surface area (Å²) in [6.07, 6.45) is 6.27. The normalized spacial score (nSPS) is 12.3. The summed E-state index contributed by atoms with van der Waals surface area (Å²) in [5, 5.41) is 21.9. The second-order valence-corrected chi connectivity index (χ2v) is 32.5. The highest BCUT2D eigenvalue weighted by atomic mass is 79.9. The van der Waals surface area contributed by atoms with Crippen LogP contribution in [-0.4, -0.2) is 134 Å². The lowest BCUT2D eigenvalue weighted by Crippen LogP contribution is -2.34. The van der Waals surface area contributed by atoms with E-state index in [9.17, 15) is 5.11 Å². The van der Waals surface area contributed by atoms with E-state index in [2.05, 4.69) is 210 Å². The molecule has 0 spiro atoms. The first-order valence-corrected chi connectivity index (χ1v) is 43.1. The number of rotatable bonds is 38. The molecule has 116 heavy (non-hydrogen) atoms. The zero-order valence-corrected chi connectivity index (χ0v) is 76.0. The molecule has 0 saturated heterocycles. The Morgan fingerprint density at radius 1 is 0.328 bits per heavy atom. The lowest BCUT2D eigenvalue weighted by atomic mass is 10.0. The average Bonchev–Trinajstić information content (AvgIpc) is 0.886. The molecule has 0 heterocycles. The fourth-order valence-electron chi connectivity index (χ4n) is 12.1. The topological polar surface area (TPSA) is 106 Å². The first kappa shape index (κ1) is 97.5. The van der Waals surface area contributed by atoms with Crippen molar-refractivity contribution in [2.75, 3.05) is 74.6 Å². The lowest BCUT2D eigenvalue weighted by Gasteiger charge is -2.26. The van der Waals surface area contributed by atoms with Gasteiger partial charge in [0.05, 0.1) is 37.6 Å². The molecule has 0 aliphatic heterocycles. The van der Waals surface area contributed by atoms with Gasteiger partial charge in [-0.1, -0.05) is 226 Å². The molecule has 0 saturated carbocycles. The SMILES string of the molecule is CCN(C)[C@H](C)Cc1ccc(OCc2ccc(Br)c(Cl)c2)cc1.CCN(C)[C@H](C)Cc1ccc(OCc2ccc(Cl)c(Cl)c2)cc1.CCN(C)[C@H](C)Cc1ccc(OCc2cccc(Cl)c2)cc1.CCN(C)[C@H](CC#N)Cc1ccc(OCc2ccc(Cl)c(Cl)c2)cc1.CCN(C)[C@H](CCO)Cc1ccc(OCc2ccccc2)cc1. The minimum absolute atomic E-state index is 0.229. The number of aliphatic hydroxyl groups excluding tert-OH is 1. The van der Waals surface area contributed by atoms with Crippen LogP contribution in [0.2, 0.25) is 30.1 Å². The summed E-state index contributed by atoms with van der Waals surface area (Å²) in [6, 6.07) is 80.7. The Morgan fingerprint density at radius 3 is 0.940 bits per heavy atom. The standard InChI is InChI=1S/C20H22Cl2N2O.C20H27NO2.C19H23BrClNO.C19H23Cl2NO.C19H24ClNO/c1-3-24(2)17(10-11-23)12-15-4-7-18(8-5-15)25-14-16-6-9-19(21)20(22)13-16;1-3-21(2)19(13-14-22)15-17-9-11-20(12-10-17)23-16-18-7-5-4-6-8-18;2*1-4-22(3)14(2)11-15-5-8-17(9-6-15)23-13-16-7-10-18(20)19(21)12-16;1-4-21(3)15(2)12-16-8-10-19(11-9-16)22-14-17-6-5-7-18(20)13-17/h4-9,13,17H,3,10,12,14H2,1-2H3;4-12,19,22H,3,13-16H2,1-2H3;2*5-10,12,14H,4,11,13H2,1-3H3;5-11,13,15H,4,12,14H2,1-3H3/t17-;19-;2*14-;15-/m11111/s1. The number of halogens is 7. The Bertz CT molecular complexity index is 4320. The van der Waals surface area contributed by atoms with Crippen molar-refractivity contribution in [3.8, 4) is 34.8 Å². The van der Waals surface area contributed by atoms with Gasteiger partial charge in [0.15, 0.2) is 0 Å². The maximum absolute atomic E-state index is 9.23. The van der Waals surface area contributed by atoms with Gasteiger partial charge in [0.25, 0.3) is 0 Å². The summed E-state index contributed by atoms with van der Waals surface area (Å²) >= 11 is 39.3. The molecular formula is C97H119BrCl6N6O6. The van der Waals surface area contributed by atoms with E-state index < -0.39 is 0 Å². The molecule has 622 valence electrons. The summed E-state index contributed by atoms with van der Waals surface area (Å²) in [6.45, 7) is 25.5. The Kier molecular flexibility index (Phi) is 45.4. The van der Waals surface area contributed by atoms with E-state index in [1.807, 2.05) is 146 Å². The van der Waals surface area contributed by atoms with Crippen LogP contribution in [0.3, 0.4) is 0 Å². The predicted octanol–water partition coefficient (Wildman–Crippen LogP) is 24.7. The third-order valence-corrected chi connectivity index (χ3v) is 23.6. The number of likely N-dealkylation sites (N-methyl/N-ethyl adjacent to an activating group) is 5. The van der Waals surface area contributed by atoms with Gasteiger partial charge >= 0.3 is 0 Å². The van der Waals surface area contributed by atoms with E-state index in [1.54, 1.807) is 12.1 Å². The summed E-state index contributed by atoms with van der Waals surface area (Å²) < 4.78 is 30.0. The van der Waals surface area contributed by atoms with Crippen molar-refractivity contribution in [1.29, 1.82) is 5.26 Å². The molecule has 0 aromatic heterocycles. The van der Waals surface area contributed by atoms with E-state index >= 15 is 0 Å². The van der Waals surface area contributed by atoms with E-state index in [0.29, 0.717) is 88.7 Å². The van der Waals surface area contributed by atoms with Crippen LogP contribution < -0.4 is 23.7 Å². The maximum atomic E-state index is 9.23. The highest BCUT2D eigenvalue weighted by Crippen LogP contribution is 2.29. The second kappa shape index (κ2) is 54.0. The molecule has 0 unspecified atom stereocenters. The second-order valence-electron chi connectivity index (χ2n) is 29.1. The Labute approximate surface area is 732 Å². The molecule has 0 bridgehead atoms. The van der Waals surface area contributed by atoms with Crippen molar-refractivity contribution in [2.24, 2.45) is 0 Å². The average molecular weight is 1760 g/mol. The molecule has 1 N–H and O–H groups in total. The molecule has 0 fully saturated rings. The van der Waals surface area contributed by atoms with E-state index in [0.717, 1.165) is 132 Å². The molecule has 0 aliphatic carbocycles. The molecule has 5 atom stereocenters. The number of hydrogen-bond donors (Lipinski definition) is 1. The number of hydrogen-bond acceptors (Lipinski definition) is 12. The van der Waals surface area contributed by atoms with E-state index in [4.69, 9.17) is 98.6 Å². The number of aliphatic hydroxyl groups is 1. The predicted molar refractivity (Wildman–Crippen MR) is 492 cm³/mol. The molecule has 10 rings (SSSR count). The third kappa shape index (κ3) is 36.5. The lowest BCUT2D eigenvalue weighted by molar-refractivity contribution is 0.189. The Morgan fingerprint density at radius 2 is 0.621 bits per heavy atom. The molecule has 10 aromatic carbocycles. The van der Waals surface area contributed by atoms with Crippen LogP contribution in [0.25, 0.3) is 0 Å². The number of benzene rings is 10. The summed E-state index contributed by atoms with van der Waals surface area (Å²) in [5.74, 6) is 4.32. The van der Waals surface area contributed by atoms with Gasteiger partial charge in [-0.15, -0.1) is 0 Å². The Hall–Kier alpha value is -7.33. The van der Waals surface area contributed by atoms with Crippen LogP contribution in [-0.2, 0) is 65.1 Å². The van der Waals surface area contributed by atoms with Crippen LogP contribution in [0.5, 0.6) is 28.7 Å². The van der Waals surface area contributed by atoms with Crippen molar-refractivity contribution in [2.45, 2.75) is 164 Å². The molecular weight excluding hydrogens is 1640 g/mol.